The van der Waals surface area contributed by atoms with Gasteiger partial charge in [0.25, 0.3) is 0 Å². The van der Waals surface area contributed by atoms with Gasteiger partial charge in [0.15, 0.2) is 0 Å². The third-order valence-corrected chi connectivity index (χ3v) is 5.29. The molecule has 0 unspecified atom stereocenters. The van der Waals surface area contributed by atoms with Crippen LogP contribution in [0.15, 0.2) is 5.11 Å². The van der Waals surface area contributed by atoms with Crippen LogP contribution in [-0.4, -0.2) is 24.6 Å². The molecule has 0 atom stereocenters. The highest BCUT2D eigenvalue weighted by Crippen LogP contribution is 2.69. The smallest absolute Gasteiger partial charge is 0.323 e. The molecule has 0 aliphatic heterocycles. The number of rotatable bonds is 3. The van der Waals surface area contributed by atoms with Gasteiger partial charge in [-0.05, 0) is 12.5 Å². The van der Waals surface area contributed by atoms with Crippen LogP contribution < -0.4 is 0 Å². The number of nitrogens with zero attached hydrogens (tertiary/aromatic N) is 3. The Hall–Kier alpha value is -0.390. The Balaban J connectivity index is 5.62. The van der Waals surface area contributed by atoms with E-state index in [-0.39, 0.29) is 0 Å². The van der Waals surface area contributed by atoms with Gasteiger partial charge in [-0.1, -0.05) is 5.11 Å². The fraction of sp³-hybridized carbons (Fsp3) is 1.00. The van der Waals surface area contributed by atoms with Crippen molar-refractivity contribution >= 4 is 15.2 Å². The van der Waals surface area contributed by atoms with Gasteiger partial charge in [-0.15, -0.1) is 0 Å². The summed E-state index contributed by atoms with van der Waals surface area (Å²) >= 11 is 0. The van der Waals surface area contributed by atoms with Gasteiger partial charge in [-0.2, -0.15) is 0 Å². The van der Waals surface area contributed by atoms with E-state index in [9.17, 15) is 9.13 Å². The number of azide groups is 1. The zero-order chi connectivity index (χ0) is 10.9. The quantitative estimate of drug-likeness (QED) is 0.236. The Kier molecular flexibility index (Phi) is 3.30. The molecule has 0 amide bonds. The molecule has 0 bridgehead atoms. The molecule has 0 aromatic heterocycles. The highest BCUT2D eigenvalue weighted by atomic mass is 31.2. The highest BCUT2D eigenvalue weighted by molar-refractivity contribution is 7.72. The highest BCUT2D eigenvalue weighted by Gasteiger charge is 2.56. The normalized spacial score (nSPS) is 13.6. The molecule has 9 nitrogen and oxygen atoms in total. The summed E-state index contributed by atoms with van der Waals surface area (Å²) in [4.78, 5) is 36.2. The zero-order valence-corrected chi connectivity index (χ0v) is 8.13. The van der Waals surface area contributed by atoms with Crippen molar-refractivity contribution in [2.24, 2.45) is 5.11 Å². The van der Waals surface area contributed by atoms with Crippen molar-refractivity contribution in [3.8, 4) is 0 Å². The fourth-order valence-electron chi connectivity index (χ4n) is 0.371. The molecule has 0 saturated heterocycles. The standard InChI is InChI=1S/C2H7N3O6P2/c1-2(4-5-3,12(6,7)8)13(9,10)11/h1H3,(H2,6,7,8)(H2,9,10,11). The van der Waals surface area contributed by atoms with E-state index in [1.54, 1.807) is 0 Å². The Morgan fingerprint density at radius 2 is 1.54 bits per heavy atom. The van der Waals surface area contributed by atoms with Crippen LogP contribution in [0, 0.1) is 0 Å². The molecular weight excluding hydrogens is 224 g/mol. The molecule has 0 spiro atoms. The van der Waals surface area contributed by atoms with Gasteiger partial charge in [0.2, 0.25) is 5.02 Å². The summed E-state index contributed by atoms with van der Waals surface area (Å²) < 4.78 is 21.3. The van der Waals surface area contributed by atoms with E-state index in [2.05, 4.69) is 5.11 Å². The number of hydrogen-bond donors (Lipinski definition) is 4. The first-order valence-electron chi connectivity index (χ1n) is 2.74. The summed E-state index contributed by atoms with van der Waals surface area (Å²) in [6, 6.07) is 0. The molecule has 0 saturated carbocycles. The molecule has 0 aromatic carbocycles. The predicted molar refractivity (Wildman–Crippen MR) is 41.6 cm³/mol. The molecule has 0 fully saturated rings. The minimum absolute atomic E-state index is 0.494. The lowest BCUT2D eigenvalue weighted by molar-refractivity contribution is 0.314. The maximum Gasteiger partial charge on any atom is 0.349 e. The largest absolute Gasteiger partial charge is 0.349 e. The van der Waals surface area contributed by atoms with Gasteiger partial charge >= 0.3 is 15.2 Å². The van der Waals surface area contributed by atoms with E-state index in [4.69, 9.17) is 25.1 Å². The Bertz CT molecular complexity index is 312. The summed E-state index contributed by atoms with van der Waals surface area (Å²) in [5.74, 6) is 0. The maximum atomic E-state index is 10.6. The topological polar surface area (TPSA) is 164 Å². The lowest BCUT2D eigenvalue weighted by Gasteiger charge is -2.25. The second kappa shape index (κ2) is 3.40. The molecule has 0 radical (unpaired) electrons. The van der Waals surface area contributed by atoms with Crippen LogP contribution in [0.3, 0.4) is 0 Å². The molecule has 0 heterocycles. The average Bonchev–Trinajstić information content (AvgIpc) is 1.82. The van der Waals surface area contributed by atoms with Gasteiger partial charge in [-0.3, -0.25) is 9.13 Å². The van der Waals surface area contributed by atoms with E-state index >= 15 is 0 Å². The fourth-order valence-corrected chi connectivity index (χ4v) is 2.04. The SMILES string of the molecule is CC(N=[N+]=[N-])(P(=O)(O)O)P(=O)(O)O. The Morgan fingerprint density at radius 3 is 1.62 bits per heavy atom. The number of hydrogen-bond acceptors (Lipinski definition) is 3. The summed E-state index contributed by atoms with van der Waals surface area (Å²) in [6.45, 7) is 0.494. The summed E-state index contributed by atoms with van der Waals surface area (Å²) in [5, 5.41) is -0.580. The lowest BCUT2D eigenvalue weighted by Crippen LogP contribution is -2.21. The second-order valence-corrected chi connectivity index (χ2v) is 6.52. The van der Waals surface area contributed by atoms with E-state index in [1.165, 1.54) is 0 Å². The van der Waals surface area contributed by atoms with Gasteiger partial charge in [0.05, 0.1) is 0 Å². The minimum atomic E-state index is -5.21. The van der Waals surface area contributed by atoms with Crippen LogP contribution in [0.1, 0.15) is 6.92 Å². The Labute approximate surface area is 72.3 Å². The molecule has 13 heavy (non-hydrogen) atoms. The van der Waals surface area contributed by atoms with Crippen LogP contribution in [0.4, 0.5) is 0 Å². The molecule has 0 aliphatic rings. The van der Waals surface area contributed by atoms with Crippen molar-refractivity contribution < 1.29 is 28.7 Å². The lowest BCUT2D eigenvalue weighted by atomic mass is 10.8. The van der Waals surface area contributed by atoms with Crippen LogP contribution in [0.25, 0.3) is 10.4 Å². The maximum absolute atomic E-state index is 10.6. The molecule has 11 heteroatoms. The molecule has 4 N–H and O–H groups in total. The van der Waals surface area contributed by atoms with E-state index < -0.39 is 20.2 Å². The van der Waals surface area contributed by atoms with Crippen molar-refractivity contribution in [2.75, 3.05) is 0 Å². The average molecular weight is 231 g/mol. The predicted octanol–water partition coefficient (Wildman–Crippen LogP) is 0.326. The minimum Gasteiger partial charge on any atom is -0.323 e. The molecule has 0 aliphatic carbocycles. The first-order chi connectivity index (χ1) is 5.56. The van der Waals surface area contributed by atoms with Crippen LogP contribution in [0.2, 0.25) is 0 Å². The van der Waals surface area contributed by atoms with Gasteiger partial charge in [-0.25, -0.2) is 0 Å². The van der Waals surface area contributed by atoms with Crippen LogP contribution in [-0.2, 0) is 9.13 Å². The monoisotopic (exact) mass is 231 g/mol. The van der Waals surface area contributed by atoms with E-state index in [0.29, 0.717) is 6.92 Å². The van der Waals surface area contributed by atoms with Gasteiger partial charge in [0, 0.05) is 4.91 Å². The Morgan fingerprint density at radius 1 is 1.23 bits per heavy atom. The first-order valence-corrected chi connectivity index (χ1v) is 5.96. The van der Waals surface area contributed by atoms with Crippen LogP contribution in [0.5, 0.6) is 0 Å². The van der Waals surface area contributed by atoms with E-state index in [0.717, 1.165) is 0 Å². The van der Waals surface area contributed by atoms with Gasteiger partial charge in [0.1, 0.15) is 0 Å². The summed E-state index contributed by atoms with van der Waals surface area (Å²) in [7, 11) is -10.4. The molecule has 0 aromatic rings. The molecular formula is C2H7N3O6P2. The van der Waals surface area contributed by atoms with Crippen molar-refractivity contribution in [2.45, 2.75) is 11.9 Å². The first kappa shape index (κ1) is 12.6. The second-order valence-electron chi connectivity index (χ2n) is 2.25. The van der Waals surface area contributed by atoms with Crippen molar-refractivity contribution in [1.82, 2.24) is 0 Å². The molecule has 76 valence electrons. The van der Waals surface area contributed by atoms with Crippen molar-refractivity contribution in [3.05, 3.63) is 10.4 Å². The third-order valence-electron chi connectivity index (χ3n) is 1.34. The third kappa shape index (κ3) is 2.30. The summed E-state index contributed by atoms with van der Waals surface area (Å²) in [6.07, 6.45) is 0. The summed E-state index contributed by atoms with van der Waals surface area (Å²) in [5.41, 5.74) is 7.90. The van der Waals surface area contributed by atoms with Crippen molar-refractivity contribution in [3.63, 3.8) is 0 Å². The molecule has 0 rings (SSSR count). The van der Waals surface area contributed by atoms with Crippen molar-refractivity contribution in [1.29, 1.82) is 0 Å². The zero-order valence-electron chi connectivity index (χ0n) is 6.34. The van der Waals surface area contributed by atoms with Crippen LogP contribution >= 0.6 is 15.2 Å². The van der Waals surface area contributed by atoms with E-state index in [1.807, 2.05) is 4.91 Å². The van der Waals surface area contributed by atoms with Gasteiger partial charge < -0.3 is 19.6 Å².